The summed E-state index contributed by atoms with van der Waals surface area (Å²) >= 11 is 0. The van der Waals surface area contributed by atoms with E-state index in [1.807, 2.05) is 38.2 Å². The number of aryl methyl sites for hydroxylation is 2. The summed E-state index contributed by atoms with van der Waals surface area (Å²) < 4.78 is 5.11. The highest BCUT2D eigenvalue weighted by atomic mass is 16.5. The van der Waals surface area contributed by atoms with Crippen LogP contribution in [0.5, 0.6) is 0 Å². The predicted octanol–water partition coefficient (Wildman–Crippen LogP) is 2.02. The monoisotopic (exact) mass is 231 g/mol. The van der Waals surface area contributed by atoms with Crippen molar-refractivity contribution >= 4 is 0 Å². The smallest absolute Gasteiger partial charge is 0.138 e. The predicted molar refractivity (Wildman–Crippen MR) is 65.6 cm³/mol. The number of aromatic nitrogens is 2. The first-order chi connectivity index (χ1) is 8.27. The van der Waals surface area contributed by atoms with Crippen LogP contribution in [0.1, 0.15) is 22.7 Å². The van der Waals surface area contributed by atoms with Gasteiger partial charge in [0.15, 0.2) is 0 Å². The summed E-state index contributed by atoms with van der Waals surface area (Å²) in [5.41, 5.74) is 3.23. The highest BCUT2D eigenvalue weighted by Gasteiger charge is 2.07. The van der Waals surface area contributed by atoms with E-state index in [-0.39, 0.29) is 0 Å². The molecule has 0 aliphatic heterocycles. The molecule has 0 saturated heterocycles. The molecule has 2 aromatic heterocycles. The van der Waals surface area contributed by atoms with Crippen molar-refractivity contribution in [2.45, 2.75) is 26.8 Å². The first-order valence-electron chi connectivity index (χ1n) is 5.79. The number of rotatable bonds is 5. The molecule has 0 fully saturated rings. The van der Waals surface area contributed by atoms with Crippen LogP contribution >= 0.6 is 0 Å². The maximum Gasteiger partial charge on any atom is 0.138 e. The topological polar surface area (TPSA) is 51.0 Å². The fourth-order valence-electron chi connectivity index (χ4n) is 1.73. The van der Waals surface area contributed by atoms with Crippen LogP contribution in [0.2, 0.25) is 0 Å². The Labute approximate surface area is 101 Å². The van der Waals surface area contributed by atoms with E-state index >= 15 is 0 Å². The zero-order chi connectivity index (χ0) is 12.1. The van der Waals surface area contributed by atoms with Gasteiger partial charge in [-0.3, -0.25) is 4.98 Å². The molecule has 2 rings (SSSR count). The zero-order valence-corrected chi connectivity index (χ0v) is 10.2. The largest absolute Gasteiger partial charge is 0.361 e. The number of nitrogens with one attached hydrogen (secondary N) is 1. The second-order valence-corrected chi connectivity index (χ2v) is 4.05. The van der Waals surface area contributed by atoms with Crippen LogP contribution in [0.4, 0.5) is 0 Å². The Balaban J connectivity index is 1.77. The van der Waals surface area contributed by atoms with Gasteiger partial charge in [0.05, 0.1) is 5.69 Å². The van der Waals surface area contributed by atoms with Crippen LogP contribution in [0.3, 0.4) is 0 Å². The summed E-state index contributed by atoms with van der Waals surface area (Å²) in [7, 11) is 0. The first-order valence-corrected chi connectivity index (χ1v) is 5.79. The molecule has 4 heteroatoms. The van der Waals surface area contributed by atoms with Gasteiger partial charge in [0.2, 0.25) is 0 Å². The molecule has 0 radical (unpaired) electrons. The van der Waals surface area contributed by atoms with Gasteiger partial charge in [0, 0.05) is 37.0 Å². The van der Waals surface area contributed by atoms with Crippen molar-refractivity contribution in [1.82, 2.24) is 15.5 Å². The fraction of sp³-hybridized carbons (Fsp3) is 0.385. The van der Waals surface area contributed by atoms with Gasteiger partial charge in [-0.1, -0.05) is 11.2 Å². The summed E-state index contributed by atoms with van der Waals surface area (Å²) in [6, 6.07) is 5.98. The Kier molecular flexibility index (Phi) is 3.88. The summed E-state index contributed by atoms with van der Waals surface area (Å²) in [5, 5.41) is 7.30. The standard InChI is InChI=1S/C13H17N3O/c1-10-13(11(2)17-16-10)9-14-8-6-12-5-3-4-7-15-12/h3-5,7,14H,6,8-9H2,1-2H3. The maximum atomic E-state index is 5.11. The molecule has 0 saturated carbocycles. The highest BCUT2D eigenvalue weighted by Crippen LogP contribution is 2.11. The Morgan fingerprint density at radius 3 is 2.82 bits per heavy atom. The molecule has 1 N–H and O–H groups in total. The number of hydrogen-bond acceptors (Lipinski definition) is 4. The summed E-state index contributed by atoms with van der Waals surface area (Å²) in [6.07, 6.45) is 2.76. The van der Waals surface area contributed by atoms with Gasteiger partial charge in [-0.15, -0.1) is 0 Å². The molecule has 0 amide bonds. The Morgan fingerprint density at radius 2 is 2.18 bits per heavy atom. The zero-order valence-electron chi connectivity index (χ0n) is 10.2. The molecular formula is C13H17N3O. The molecular weight excluding hydrogens is 214 g/mol. The Bertz CT molecular complexity index is 445. The van der Waals surface area contributed by atoms with E-state index in [0.29, 0.717) is 0 Å². The lowest BCUT2D eigenvalue weighted by molar-refractivity contribution is 0.392. The SMILES string of the molecule is Cc1noc(C)c1CNCCc1ccccn1. The average molecular weight is 231 g/mol. The third-order valence-electron chi connectivity index (χ3n) is 2.77. The molecule has 0 aliphatic carbocycles. The first kappa shape index (κ1) is 11.8. The Hall–Kier alpha value is -1.68. The molecule has 2 aromatic rings. The van der Waals surface area contributed by atoms with Crippen LogP contribution in [-0.4, -0.2) is 16.7 Å². The van der Waals surface area contributed by atoms with Crippen LogP contribution in [0.15, 0.2) is 28.9 Å². The summed E-state index contributed by atoms with van der Waals surface area (Å²) in [4.78, 5) is 4.28. The Morgan fingerprint density at radius 1 is 1.29 bits per heavy atom. The average Bonchev–Trinajstić information content (AvgIpc) is 2.67. The van der Waals surface area contributed by atoms with Crippen LogP contribution in [-0.2, 0) is 13.0 Å². The third kappa shape index (κ3) is 3.14. The van der Waals surface area contributed by atoms with Gasteiger partial charge in [-0.05, 0) is 26.0 Å². The van der Waals surface area contributed by atoms with E-state index in [1.165, 1.54) is 0 Å². The number of hydrogen-bond donors (Lipinski definition) is 1. The highest BCUT2D eigenvalue weighted by molar-refractivity contribution is 5.20. The minimum Gasteiger partial charge on any atom is -0.361 e. The maximum absolute atomic E-state index is 5.11. The number of pyridine rings is 1. The quantitative estimate of drug-likeness (QED) is 0.800. The molecule has 0 spiro atoms. The minimum atomic E-state index is 0.800. The molecule has 0 atom stereocenters. The fourth-order valence-corrected chi connectivity index (χ4v) is 1.73. The normalized spacial score (nSPS) is 10.7. The number of nitrogens with zero attached hydrogens (tertiary/aromatic N) is 2. The van der Waals surface area contributed by atoms with Crippen molar-refractivity contribution in [3.63, 3.8) is 0 Å². The van der Waals surface area contributed by atoms with Crippen molar-refractivity contribution in [2.24, 2.45) is 0 Å². The van der Waals surface area contributed by atoms with E-state index in [1.54, 1.807) is 0 Å². The molecule has 4 nitrogen and oxygen atoms in total. The van der Waals surface area contributed by atoms with E-state index < -0.39 is 0 Å². The molecule has 0 aliphatic rings. The van der Waals surface area contributed by atoms with Gasteiger partial charge in [0.25, 0.3) is 0 Å². The van der Waals surface area contributed by atoms with Crippen LogP contribution < -0.4 is 5.32 Å². The molecule has 90 valence electrons. The summed E-state index contributed by atoms with van der Waals surface area (Å²) in [5.74, 6) is 0.896. The molecule has 0 aromatic carbocycles. The van der Waals surface area contributed by atoms with Crippen molar-refractivity contribution in [1.29, 1.82) is 0 Å². The molecule has 0 unspecified atom stereocenters. The van der Waals surface area contributed by atoms with Gasteiger partial charge in [-0.2, -0.15) is 0 Å². The van der Waals surface area contributed by atoms with E-state index in [4.69, 9.17) is 4.52 Å². The van der Waals surface area contributed by atoms with Crippen molar-refractivity contribution < 1.29 is 4.52 Å². The van der Waals surface area contributed by atoms with E-state index in [9.17, 15) is 0 Å². The molecule has 0 bridgehead atoms. The lowest BCUT2D eigenvalue weighted by Gasteiger charge is -2.03. The molecule has 2 heterocycles. The van der Waals surface area contributed by atoms with Gasteiger partial charge < -0.3 is 9.84 Å². The van der Waals surface area contributed by atoms with Gasteiger partial charge in [-0.25, -0.2) is 0 Å². The van der Waals surface area contributed by atoms with Gasteiger partial charge >= 0.3 is 0 Å². The van der Waals surface area contributed by atoms with E-state index in [0.717, 1.165) is 42.2 Å². The van der Waals surface area contributed by atoms with Gasteiger partial charge in [0.1, 0.15) is 5.76 Å². The van der Waals surface area contributed by atoms with Crippen molar-refractivity contribution in [3.8, 4) is 0 Å². The van der Waals surface area contributed by atoms with Crippen LogP contribution in [0, 0.1) is 13.8 Å². The summed E-state index contributed by atoms with van der Waals surface area (Å²) in [6.45, 7) is 5.61. The third-order valence-corrected chi connectivity index (χ3v) is 2.77. The van der Waals surface area contributed by atoms with Crippen LogP contribution in [0.25, 0.3) is 0 Å². The lowest BCUT2D eigenvalue weighted by atomic mass is 10.2. The van der Waals surface area contributed by atoms with E-state index in [2.05, 4.69) is 15.5 Å². The van der Waals surface area contributed by atoms with Crippen molar-refractivity contribution in [2.75, 3.05) is 6.54 Å². The minimum absolute atomic E-state index is 0.800. The lowest BCUT2D eigenvalue weighted by Crippen LogP contribution is -2.17. The second kappa shape index (κ2) is 5.59. The second-order valence-electron chi connectivity index (χ2n) is 4.05. The van der Waals surface area contributed by atoms with Crippen molar-refractivity contribution in [3.05, 3.63) is 47.1 Å². The molecule has 17 heavy (non-hydrogen) atoms.